The Hall–Kier alpha value is -4.42. The van der Waals surface area contributed by atoms with Crippen molar-refractivity contribution in [3.8, 4) is 23.3 Å². The molecule has 0 saturated carbocycles. The van der Waals surface area contributed by atoms with Gasteiger partial charge in [-0.15, -0.1) is 11.3 Å². The third-order valence-corrected chi connectivity index (χ3v) is 7.60. The third-order valence-electron chi connectivity index (χ3n) is 6.64. The summed E-state index contributed by atoms with van der Waals surface area (Å²) < 4.78 is 77.1. The number of halogens is 6. The van der Waals surface area contributed by atoms with E-state index in [1.165, 1.54) is 18.2 Å². The van der Waals surface area contributed by atoms with Crippen molar-refractivity contribution in [3.05, 3.63) is 63.2 Å². The fourth-order valence-corrected chi connectivity index (χ4v) is 5.44. The van der Waals surface area contributed by atoms with Crippen molar-refractivity contribution in [1.82, 2.24) is 24.8 Å². The van der Waals surface area contributed by atoms with Gasteiger partial charge in [0.15, 0.2) is 11.6 Å². The minimum absolute atomic E-state index is 0.00498. The molecule has 1 aromatic carbocycles. The van der Waals surface area contributed by atoms with Gasteiger partial charge >= 0.3 is 12.2 Å². The van der Waals surface area contributed by atoms with Crippen LogP contribution in [0.25, 0.3) is 28.2 Å². The molecule has 222 valence electrons. The SMILES string of the molecule is COc1nc(N2CCN(C(=O)/C(F)=C/c3nccs3)C(CC#N)C2)c2cnc(-c3cc(Cl)ccc3C(F)(F)F)c(F)c2n1. The summed E-state index contributed by atoms with van der Waals surface area (Å²) in [6.07, 6.45) is -1.35. The number of piperazine rings is 1. The first-order valence-corrected chi connectivity index (χ1v) is 13.7. The summed E-state index contributed by atoms with van der Waals surface area (Å²) in [5.74, 6) is -3.02. The molecule has 1 unspecified atom stereocenters. The normalized spacial score (nSPS) is 16.0. The fraction of sp³-hybridized carbons (Fsp3) is 0.259. The van der Waals surface area contributed by atoms with Crippen molar-refractivity contribution in [2.75, 3.05) is 31.6 Å². The number of fused-ring (bicyclic) bond motifs is 1. The van der Waals surface area contributed by atoms with Crippen LogP contribution in [0.3, 0.4) is 0 Å². The molecule has 0 radical (unpaired) electrons. The molecule has 1 saturated heterocycles. The zero-order chi connectivity index (χ0) is 30.9. The van der Waals surface area contributed by atoms with Crippen LogP contribution in [0.4, 0.5) is 27.8 Å². The summed E-state index contributed by atoms with van der Waals surface area (Å²) in [5.41, 5.74) is -2.71. The first-order chi connectivity index (χ1) is 20.5. The molecule has 16 heteroatoms. The average Bonchev–Trinajstić information content (AvgIpc) is 3.49. The summed E-state index contributed by atoms with van der Waals surface area (Å²) >= 11 is 7.09. The number of thiazole rings is 1. The molecule has 5 rings (SSSR count). The van der Waals surface area contributed by atoms with Gasteiger partial charge in [-0.3, -0.25) is 9.78 Å². The highest BCUT2D eigenvalue weighted by molar-refractivity contribution is 7.10. The van der Waals surface area contributed by atoms with Gasteiger partial charge in [-0.25, -0.2) is 13.8 Å². The molecular formula is C27H19ClF5N7O2S. The number of nitriles is 1. The molecule has 1 fully saturated rings. The van der Waals surface area contributed by atoms with Crippen LogP contribution in [-0.2, 0) is 11.0 Å². The second-order valence-electron chi connectivity index (χ2n) is 9.23. The predicted molar refractivity (Wildman–Crippen MR) is 148 cm³/mol. The van der Waals surface area contributed by atoms with Crippen LogP contribution in [-0.4, -0.2) is 63.5 Å². The predicted octanol–water partition coefficient (Wildman–Crippen LogP) is 5.91. The molecule has 4 heterocycles. The maximum absolute atomic E-state index is 15.9. The lowest BCUT2D eigenvalue weighted by Crippen LogP contribution is -2.55. The minimum Gasteiger partial charge on any atom is -0.467 e. The largest absolute Gasteiger partial charge is 0.467 e. The van der Waals surface area contributed by atoms with Gasteiger partial charge in [0, 0.05) is 54.1 Å². The highest BCUT2D eigenvalue weighted by Gasteiger charge is 2.36. The minimum atomic E-state index is -4.82. The maximum Gasteiger partial charge on any atom is 0.417 e. The van der Waals surface area contributed by atoms with E-state index in [-0.39, 0.29) is 53.8 Å². The number of aromatic nitrogens is 4. The topological polar surface area (TPSA) is 108 Å². The number of ether oxygens (including phenoxy) is 1. The van der Waals surface area contributed by atoms with Gasteiger partial charge < -0.3 is 14.5 Å². The van der Waals surface area contributed by atoms with Crippen molar-refractivity contribution in [1.29, 1.82) is 5.26 Å². The summed E-state index contributed by atoms with van der Waals surface area (Å²) in [6.45, 7) is 0.0575. The van der Waals surface area contributed by atoms with Crippen molar-refractivity contribution < 1.29 is 31.5 Å². The molecule has 0 bridgehead atoms. The molecule has 3 aromatic heterocycles. The Bertz CT molecular complexity index is 1760. The number of nitrogens with zero attached hydrogens (tertiary/aromatic N) is 7. The number of anilines is 1. The van der Waals surface area contributed by atoms with Crippen LogP contribution in [0.1, 0.15) is 17.0 Å². The molecular weight excluding hydrogens is 617 g/mol. The molecule has 1 aliphatic heterocycles. The van der Waals surface area contributed by atoms with Crippen molar-refractivity contribution >= 4 is 51.6 Å². The van der Waals surface area contributed by atoms with E-state index in [9.17, 15) is 27.6 Å². The zero-order valence-corrected chi connectivity index (χ0v) is 23.6. The quantitative estimate of drug-likeness (QED) is 0.190. The maximum atomic E-state index is 15.9. The number of methoxy groups -OCH3 is 1. The van der Waals surface area contributed by atoms with E-state index >= 15 is 4.39 Å². The van der Waals surface area contributed by atoms with Gasteiger partial charge in [-0.2, -0.15) is 28.4 Å². The van der Waals surface area contributed by atoms with Crippen LogP contribution >= 0.6 is 22.9 Å². The van der Waals surface area contributed by atoms with Gasteiger partial charge in [-0.1, -0.05) is 11.6 Å². The lowest BCUT2D eigenvalue weighted by atomic mass is 10.0. The first kappa shape index (κ1) is 30.1. The van der Waals surface area contributed by atoms with E-state index in [0.717, 1.165) is 41.8 Å². The summed E-state index contributed by atoms with van der Waals surface area (Å²) in [5, 5.41) is 11.4. The Morgan fingerprint density at radius 3 is 2.74 bits per heavy atom. The smallest absolute Gasteiger partial charge is 0.417 e. The fourth-order valence-electron chi connectivity index (χ4n) is 4.71. The molecule has 43 heavy (non-hydrogen) atoms. The molecule has 4 aromatic rings. The second kappa shape index (κ2) is 12.1. The van der Waals surface area contributed by atoms with Crippen molar-refractivity contribution in [3.63, 3.8) is 0 Å². The van der Waals surface area contributed by atoms with Gasteiger partial charge in [0.05, 0.1) is 36.6 Å². The van der Waals surface area contributed by atoms with E-state index in [0.29, 0.717) is 5.01 Å². The lowest BCUT2D eigenvalue weighted by Gasteiger charge is -2.41. The standard InChI is InChI=1S/C27H19ClF5N7O2S/c1-42-26-37-23-17(12-36-22(21(23)30)16-10-14(28)2-3-18(16)27(31,32)33)24(38-26)39-7-8-40(15(13-39)4-5-34)25(41)19(29)11-20-35-6-9-43-20/h2-3,6,9-12,15H,4,7-8,13H2,1H3/b19-11-. The Morgan fingerprint density at radius 2 is 2.07 bits per heavy atom. The molecule has 0 aliphatic carbocycles. The molecule has 0 spiro atoms. The lowest BCUT2D eigenvalue weighted by molar-refractivity contribution is -0.137. The Morgan fingerprint density at radius 1 is 1.28 bits per heavy atom. The van der Waals surface area contributed by atoms with Crippen molar-refractivity contribution in [2.45, 2.75) is 18.6 Å². The van der Waals surface area contributed by atoms with Crippen LogP contribution in [0.2, 0.25) is 5.02 Å². The van der Waals surface area contributed by atoms with Gasteiger partial charge in [0.2, 0.25) is 0 Å². The van der Waals surface area contributed by atoms with Gasteiger partial charge in [-0.05, 0) is 18.2 Å². The molecule has 1 aliphatic rings. The number of alkyl halides is 3. The van der Waals surface area contributed by atoms with E-state index in [1.807, 2.05) is 6.07 Å². The van der Waals surface area contributed by atoms with E-state index in [4.69, 9.17) is 16.3 Å². The number of hydrogen-bond acceptors (Lipinski definition) is 9. The summed E-state index contributed by atoms with van der Waals surface area (Å²) in [6, 6.07) is 3.67. The van der Waals surface area contributed by atoms with Crippen LogP contribution < -0.4 is 9.64 Å². The van der Waals surface area contributed by atoms with Gasteiger partial charge in [0.25, 0.3) is 5.91 Å². The number of pyridine rings is 1. The first-order valence-electron chi connectivity index (χ1n) is 12.5. The van der Waals surface area contributed by atoms with Gasteiger partial charge in [0.1, 0.15) is 22.0 Å². The second-order valence-corrected chi connectivity index (χ2v) is 10.6. The number of hydrogen-bond donors (Lipinski definition) is 0. The van der Waals surface area contributed by atoms with E-state index in [1.54, 1.807) is 10.3 Å². The monoisotopic (exact) mass is 635 g/mol. The van der Waals surface area contributed by atoms with Crippen LogP contribution in [0.15, 0.2) is 41.8 Å². The molecule has 0 N–H and O–H groups in total. The third kappa shape index (κ3) is 6.06. The summed E-state index contributed by atoms with van der Waals surface area (Å²) in [7, 11) is 1.23. The van der Waals surface area contributed by atoms with Crippen LogP contribution in [0.5, 0.6) is 6.01 Å². The number of carbonyl (C=O) groups excluding carboxylic acids is 1. The van der Waals surface area contributed by atoms with E-state index in [2.05, 4.69) is 19.9 Å². The summed E-state index contributed by atoms with van der Waals surface area (Å²) in [4.78, 5) is 32.1. The van der Waals surface area contributed by atoms with Crippen LogP contribution in [0, 0.1) is 17.1 Å². The van der Waals surface area contributed by atoms with E-state index < -0.39 is 46.6 Å². The Labute approximate surface area is 249 Å². The highest BCUT2D eigenvalue weighted by atomic mass is 35.5. The number of amides is 1. The molecule has 1 amide bonds. The number of rotatable bonds is 6. The zero-order valence-electron chi connectivity index (χ0n) is 22.1. The Balaban J connectivity index is 1.54. The average molecular weight is 636 g/mol. The highest BCUT2D eigenvalue weighted by Crippen LogP contribution is 2.40. The molecule has 9 nitrogen and oxygen atoms in total. The molecule has 1 atom stereocenters. The van der Waals surface area contributed by atoms with Crippen molar-refractivity contribution in [2.24, 2.45) is 0 Å². The number of benzene rings is 1. The number of carbonyl (C=O) groups is 1. The Kier molecular flexibility index (Phi) is 8.43.